The molecule has 3 rings (SSSR count). The van der Waals surface area contributed by atoms with Crippen LogP contribution < -0.4 is 16.4 Å². The number of carbonyl (C=O) groups excluding carboxylic acids is 1. The molecule has 1 atom stereocenters. The molecule has 1 heterocycles. The van der Waals surface area contributed by atoms with Crippen molar-refractivity contribution in [2.75, 3.05) is 16.4 Å². The van der Waals surface area contributed by atoms with Crippen LogP contribution in [0, 0.1) is 0 Å². The van der Waals surface area contributed by atoms with Crippen molar-refractivity contribution < 1.29 is 4.79 Å². The number of rotatable bonds is 5. The number of nitrogens with two attached hydrogens (primary N) is 1. The molecule has 6 heteroatoms. The first-order chi connectivity index (χ1) is 12.1. The van der Waals surface area contributed by atoms with E-state index in [1.165, 1.54) is 6.20 Å². The maximum Gasteiger partial charge on any atom is 0.275 e. The van der Waals surface area contributed by atoms with Crippen LogP contribution in [0.2, 0.25) is 0 Å². The van der Waals surface area contributed by atoms with Gasteiger partial charge in [0.15, 0.2) is 0 Å². The first-order valence-electron chi connectivity index (χ1n) is 7.93. The standard InChI is InChI=1S/C19H19N5O/c1-13(14-7-3-2-4-8-14)23-18-12-21-17(11-22-18)19(25)24-16-10-6-5-9-15(16)20/h2-13H,20H2,1H3,(H,22,23)(H,24,25)/t13-/m0/s1. The Labute approximate surface area is 146 Å². The van der Waals surface area contributed by atoms with E-state index in [1.807, 2.05) is 37.3 Å². The van der Waals surface area contributed by atoms with Crippen LogP contribution in [0.15, 0.2) is 67.0 Å². The average molecular weight is 333 g/mol. The molecule has 126 valence electrons. The van der Waals surface area contributed by atoms with Gasteiger partial charge in [0.1, 0.15) is 11.5 Å². The van der Waals surface area contributed by atoms with Gasteiger partial charge in [-0.15, -0.1) is 0 Å². The van der Waals surface area contributed by atoms with Crippen molar-refractivity contribution in [2.24, 2.45) is 0 Å². The minimum absolute atomic E-state index is 0.0827. The molecule has 0 saturated carbocycles. The Kier molecular flexibility index (Phi) is 4.89. The zero-order valence-corrected chi connectivity index (χ0v) is 13.8. The number of nitrogens with one attached hydrogen (secondary N) is 2. The largest absolute Gasteiger partial charge is 0.397 e. The summed E-state index contributed by atoms with van der Waals surface area (Å²) in [5, 5.41) is 5.98. The fraction of sp³-hybridized carbons (Fsp3) is 0.105. The highest BCUT2D eigenvalue weighted by molar-refractivity contribution is 6.04. The maximum absolute atomic E-state index is 12.2. The van der Waals surface area contributed by atoms with Crippen molar-refractivity contribution in [2.45, 2.75) is 13.0 Å². The fourth-order valence-electron chi connectivity index (χ4n) is 2.36. The molecule has 1 amide bonds. The van der Waals surface area contributed by atoms with Crippen LogP contribution in [-0.2, 0) is 0 Å². The van der Waals surface area contributed by atoms with Gasteiger partial charge < -0.3 is 16.4 Å². The lowest BCUT2D eigenvalue weighted by Gasteiger charge is -2.14. The Balaban J connectivity index is 1.66. The summed E-state index contributed by atoms with van der Waals surface area (Å²) in [4.78, 5) is 20.7. The summed E-state index contributed by atoms with van der Waals surface area (Å²) < 4.78 is 0. The Morgan fingerprint density at radius 3 is 2.40 bits per heavy atom. The average Bonchev–Trinajstić information content (AvgIpc) is 2.65. The quantitative estimate of drug-likeness (QED) is 0.622. The molecule has 6 nitrogen and oxygen atoms in total. The Hall–Kier alpha value is -3.41. The van der Waals surface area contributed by atoms with Gasteiger partial charge in [-0.05, 0) is 24.6 Å². The molecule has 0 fully saturated rings. The summed E-state index contributed by atoms with van der Waals surface area (Å²) in [6.45, 7) is 2.04. The predicted molar refractivity (Wildman–Crippen MR) is 99.3 cm³/mol. The molecule has 4 N–H and O–H groups in total. The van der Waals surface area contributed by atoms with Crippen molar-refractivity contribution in [1.82, 2.24) is 9.97 Å². The summed E-state index contributed by atoms with van der Waals surface area (Å²) in [5.41, 5.74) is 8.24. The van der Waals surface area contributed by atoms with Crippen LogP contribution in [0.3, 0.4) is 0 Å². The van der Waals surface area contributed by atoms with E-state index in [1.54, 1.807) is 30.5 Å². The van der Waals surface area contributed by atoms with Gasteiger partial charge in [-0.3, -0.25) is 4.79 Å². The monoisotopic (exact) mass is 333 g/mol. The van der Waals surface area contributed by atoms with Crippen LogP contribution in [0.1, 0.15) is 29.0 Å². The van der Waals surface area contributed by atoms with E-state index in [9.17, 15) is 4.79 Å². The minimum atomic E-state index is -0.354. The number of aromatic nitrogens is 2. The second-order valence-electron chi connectivity index (χ2n) is 5.60. The Morgan fingerprint density at radius 1 is 1.00 bits per heavy atom. The summed E-state index contributed by atoms with van der Waals surface area (Å²) in [5.74, 6) is 0.250. The molecule has 0 saturated heterocycles. The first kappa shape index (κ1) is 16.4. The summed E-state index contributed by atoms with van der Waals surface area (Å²) in [6.07, 6.45) is 2.98. The van der Waals surface area contributed by atoms with E-state index in [2.05, 4.69) is 20.6 Å². The van der Waals surface area contributed by atoms with E-state index in [4.69, 9.17) is 5.73 Å². The number of carbonyl (C=O) groups is 1. The molecule has 1 aromatic heterocycles. The highest BCUT2D eigenvalue weighted by atomic mass is 16.1. The van der Waals surface area contributed by atoms with E-state index >= 15 is 0 Å². The molecule has 0 radical (unpaired) electrons. The van der Waals surface area contributed by atoms with Crippen LogP contribution in [0.5, 0.6) is 0 Å². The lowest BCUT2D eigenvalue weighted by molar-refractivity contribution is 0.102. The predicted octanol–water partition coefficient (Wildman–Crippen LogP) is 3.48. The van der Waals surface area contributed by atoms with Gasteiger partial charge in [0.2, 0.25) is 0 Å². The molecule has 0 unspecified atom stereocenters. The van der Waals surface area contributed by atoms with Crippen molar-refractivity contribution in [3.63, 3.8) is 0 Å². The van der Waals surface area contributed by atoms with Gasteiger partial charge in [0, 0.05) is 6.04 Å². The van der Waals surface area contributed by atoms with Gasteiger partial charge in [-0.25, -0.2) is 9.97 Å². The second kappa shape index (κ2) is 7.44. The SMILES string of the molecule is C[C@H](Nc1cnc(C(=O)Nc2ccccc2N)cn1)c1ccccc1. The third-order valence-corrected chi connectivity index (χ3v) is 3.76. The lowest BCUT2D eigenvalue weighted by atomic mass is 10.1. The summed E-state index contributed by atoms with van der Waals surface area (Å²) in [6, 6.07) is 17.2. The van der Waals surface area contributed by atoms with Crippen LogP contribution >= 0.6 is 0 Å². The molecule has 0 aliphatic rings. The fourth-order valence-corrected chi connectivity index (χ4v) is 2.36. The third kappa shape index (κ3) is 4.11. The van der Waals surface area contributed by atoms with Gasteiger partial charge in [0.25, 0.3) is 5.91 Å². The number of nitrogen functional groups attached to an aromatic ring is 1. The third-order valence-electron chi connectivity index (χ3n) is 3.76. The van der Waals surface area contributed by atoms with E-state index in [-0.39, 0.29) is 17.6 Å². The number of anilines is 3. The molecule has 0 bridgehead atoms. The van der Waals surface area contributed by atoms with Crippen molar-refractivity contribution in [1.29, 1.82) is 0 Å². The highest BCUT2D eigenvalue weighted by Crippen LogP contribution is 2.18. The topological polar surface area (TPSA) is 92.9 Å². The zero-order valence-electron chi connectivity index (χ0n) is 13.8. The van der Waals surface area contributed by atoms with Gasteiger partial charge in [-0.1, -0.05) is 42.5 Å². The van der Waals surface area contributed by atoms with Gasteiger partial charge in [-0.2, -0.15) is 0 Å². The zero-order chi connectivity index (χ0) is 17.6. The number of para-hydroxylation sites is 2. The molecular formula is C19H19N5O. The highest BCUT2D eigenvalue weighted by Gasteiger charge is 2.11. The summed E-state index contributed by atoms with van der Waals surface area (Å²) in [7, 11) is 0. The molecule has 2 aromatic carbocycles. The van der Waals surface area contributed by atoms with Crippen LogP contribution in [0.4, 0.5) is 17.2 Å². The minimum Gasteiger partial charge on any atom is -0.397 e. The van der Waals surface area contributed by atoms with E-state index in [0.29, 0.717) is 17.2 Å². The number of hydrogen-bond acceptors (Lipinski definition) is 5. The van der Waals surface area contributed by atoms with Crippen LogP contribution in [-0.4, -0.2) is 15.9 Å². The Bertz CT molecular complexity index is 849. The molecule has 25 heavy (non-hydrogen) atoms. The van der Waals surface area contributed by atoms with E-state index in [0.717, 1.165) is 5.56 Å². The first-order valence-corrected chi connectivity index (χ1v) is 7.93. The molecule has 3 aromatic rings. The number of hydrogen-bond donors (Lipinski definition) is 3. The van der Waals surface area contributed by atoms with Crippen molar-refractivity contribution in [3.05, 3.63) is 78.2 Å². The summed E-state index contributed by atoms with van der Waals surface area (Å²) >= 11 is 0. The molecule has 0 spiro atoms. The molecule has 0 aliphatic carbocycles. The molecule has 0 aliphatic heterocycles. The van der Waals surface area contributed by atoms with Crippen molar-refractivity contribution >= 4 is 23.1 Å². The molecular weight excluding hydrogens is 314 g/mol. The Morgan fingerprint density at radius 2 is 1.72 bits per heavy atom. The maximum atomic E-state index is 12.2. The van der Waals surface area contributed by atoms with Crippen LogP contribution in [0.25, 0.3) is 0 Å². The number of nitrogens with zero attached hydrogens (tertiary/aromatic N) is 2. The lowest BCUT2D eigenvalue weighted by Crippen LogP contribution is -2.16. The number of benzene rings is 2. The smallest absolute Gasteiger partial charge is 0.275 e. The van der Waals surface area contributed by atoms with E-state index < -0.39 is 0 Å². The normalized spacial score (nSPS) is 11.6. The van der Waals surface area contributed by atoms with Gasteiger partial charge >= 0.3 is 0 Å². The second-order valence-corrected chi connectivity index (χ2v) is 5.60. The number of amides is 1. The van der Waals surface area contributed by atoms with Crippen molar-refractivity contribution in [3.8, 4) is 0 Å². The van der Waals surface area contributed by atoms with Gasteiger partial charge in [0.05, 0.1) is 23.8 Å².